The molecule has 0 spiro atoms. The van der Waals surface area contributed by atoms with Crippen LogP contribution in [0, 0.1) is 5.92 Å². The molecule has 0 fully saturated rings. The first kappa shape index (κ1) is 15.4. The Morgan fingerprint density at radius 2 is 1.94 bits per heavy atom. The van der Waals surface area contributed by atoms with Crippen molar-refractivity contribution in [2.24, 2.45) is 11.7 Å². The van der Waals surface area contributed by atoms with Crippen LogP contribution in [0.4, 0.5) is 0 Å². The lowest BCUT2D eigenvalue weighted by Gasteiger charge is -2.17. The number of hydrogen-bond acceptors (Lipinski definition) is 4. The largest absolute Gasteiger partial charge is 0.354 e. The third-order valence-electron chi connectivity index (χ3n) is 2.71. The monoisotopic (exact) mass is 250 g/mol. The predicted octanol–water partition coefficient (Wildman–Crippen LogP) is -0.0893. The van der Waals surface area contributed by atoms with Gasteiger partial charge in [0.05, 0.1) is 11.8 Å². The first-order valence-corrected chi connectivity index (χ1v) is 7.39. The Bertz CT molecular complexity index is 314. The lowest BCUT2D eigenvalue weighted by atomic mass is 9.99. The lowest BCUT2D eigenvalue weighted by Crippen LogP contribution is -2.45. The highest BCUT2D eigenvalue weighted by Gasteiger charge is 2.19. The second-order valence-electron chi connectivity index (χ2n) is 3.94. The van der Waals surface area contributed by atoms with Crippen molar-refractivity contribution in [1.82, 2.24) is 5.32 Å². The Balaban J connectivity index is 4.00. The smallest absolute Gasteiger partial charge is 0.237 e. The second-order valence-corrected chi connectivity index (χ2v) is 6.41. The van der Waals surface area contributed by atoms with Crippen LogP contribution in [-0.4, -0.2) is 38.4 Å². The van der Waals surface area contributed by atoms with E-state index in [0.717, 1.165) is 6.42 Å². The zero-order valence-corrected chi connectivity index (χ0v) is 11.0. The average Bonchev–Trinajstić information content (AvgIpc) is 2.26. The van der Waals surface area contributed by atoms with Crippen LogP contribution in [0.1, 0.15) is 27.2 Å². The number of rotatable bonds is 7. The van der Waals surface area contributed by atoms with Crippen LogP contribution in [0.3, 0.4) is 0 Å². The molecular weight excluding hydrogens is 228 g/mol. The van der Waals surface area contributed by atoms with Crippen LogP contribution < -0.4 is 11.1 Å². The van der Waals surface area contributed by atoms with E-state index in [1.54, 1.807) is 6.92 Å². The van der Waals surface area contributed by atoms with Crippen LogP contribution in [-0.2, 0) is 14.6 Å². The van der Waals surface area contributed by atoms with Crippen molar-refractivity contribution in [1.29, 1.82) is 0 Å². The fourth-order valence-corrected chi connectivity index (χ4v) is 1.81. The van der Waals surface area contributed by atoms with Gasteiger partial charge < -0.3 is 11.1 Å². The van der Waals surface area contributed by atoms with Gasteiger partial charge in [0.15, 0.2) is 9.84 Å². The molecular formula is C10H22N2O3S. The van der Waals surface area contributed by atoms with Crippen LogP contribution in [0.5, 0.6) is 0 Å². The van der Waals surface area contributed by atoms with Crippen molar-refractivity contribution in [3.8, 4) is 0 Å². The molecule has 0 aliphatic rings. The summed E-state index contributed by atoms with van der Waals surface area (Å²) in [5.41, 5.74) is 5.69. The van der Waals surface area contributed by atoms with Crippen molar-refractivity contribution >= 4 is 15.7 Å². The quantitative estimate of drug-likeness (QED) is 0.661. The molecule has 0 aromatic heterocycles. The summed E-state index contributed by atoms with van der Waals surface area (Å²) in [5, 5.41) is 2.54. The fourth-order valence-electron chi connectivity index (χ4n) is 1.10. The minimum Gasteiger partial charge on any atom is -0.354 e. The zero-order valence-electron chi connectivity index (χ0n) is 10.2. The van der Waals surface area contributed by atoms with Gasteiger partial charge in [0.25, 0.3) is 0 Å². The third-order valence-corrected chi connectivity index (χ3v) is 4.42. The Kier molecular flexibility index (Phi) is 6.59. The number of amides is 1. The van der Waals surface area contributed by atoms with Crippen molar-refractivity contribution in [3.05, 3.63) is 0 Å². The van der Waals surface area contributed by atoms with Gasteiger partial charge in [-0.05, 0) is 5.92 Å². The van der Waals surface area contributed by atoms with E-state index in [1.807, 2.05) is 13.8 Å². The van der Waals surface area contributed by atoms with E-state index in [9.17, 15) is 13.2 Å². The first-order valence-electron chi connectivity index (χ1n) is 5.57. The molecule has 5 nitrogen and oxygen atoms in total. The van der Waals surface area contributed by atoms with Gasteiger partial charge in [-0.15, -0.1) is 0 Å². The molecule has 0 radical (unpaired) electrons. The van der Waals surface area contributed by atoms with E-state index >= 15 is 0 Å². The van der Waals surface area contributed by atoms with E-state index in [-0.39, 0.29) is 29.9 Å². The van der Waals surface area contributed by atoms with E-state index in [1.165, 1.54) is 0 Å². The molecule has 0 aromatic rings. The van der Waals surface area contributed by atoms with Gasteiger partial charge in [0, 0.05) is 12.3 Å². The molecule has 3 N–H and O–H groups in total. The average molecular weight is 250 g/mol. The Labute approximate surface area is 97.7 Å². The van der Waals surface area contributed by atoms with Gasteiger partial charge in [0.2, 0.25) is 5.91 Å². The molecule has 6 heteroatoms. The standard InChI is InChI=1S/C10H22N2O3S/c1-4-8(3)9(11)10(13)12-6-7-16(14,15)5-2/h8-9H,4-7,11H2,1-3H3,(H,12,13)/t8?,9-/m0/s1. The summed E-state index contributed by atoms with van der Waals surface area (Å²) in [6.07, 6.45) is 0.821. The number of carbonyl (C=O) groups excluding carboxylic acids is 1. The summed E-state index contributed by atoms with van der Waals surface area (Å²) in [6.45, 7) is 5.58. The van der Waals surface area contributed by atoms with Gasteiger partial charge in [-0.3, -0.25) is 4.79 Å². The van der Waals surface area contributed by atoms with Crippen LogP contribution in [0.15, 0.2) is 0 Å². The second kappa shape index (κ2) is 6.85. The maximum absolute atomic E-state index is 11.5. The van der Waals surface area contributed by atoms with E-state index in [0.29, 0.717) is 0 Å². The number of nitrogens with one attached hydrogen (secondary N) is 1. The number of sulfone groups is 1. The Morgan fingerprint density at radius 3 is 2.38 bits per heavy atom. The molecule has 0 saturated carbocycles. The van der Waals surface area contributed by atoms with Gasteiger partial charge in [-0.2, -0.15) is 0 Å². The molecule has 1 unspecified atom stereocenters. The van der Waals surface area contributed by atoms with Gasteiger partial charge >= 0.3 is 0 Å². The molecule has 1 amide bonds. The van der Waals surface area contributed by atoms with Crippen LogP contribution in [0.25, 0.3) is 0 Å². The SMILES string of the molecule is CCC(C)[C@H](N)C(=O)NCCS(=O)(=O)CC. The van der Waals surface area contributed by atoms with Gasteiger partial charge in [-0.1, -0.05) is 27.2 Å². The molecule has 0 heterocycles. The van der Waals surface area contributed by atoms with Crippen molar-refractivity contribution in [2.45, 2.75) is 33.2 Å². The summed E-state index contributed by atoms with van der Waals surface area (Å²) >= 11 is 0. The Hall–Kier alpha value is -0.620. The Morgan fingerprint density at radius 1 is 1.38 bits per heavy atom. The summed E-state index contributed by atoms with van der Waals surface area (Å²) in [4.78, 5) is 11.5. The molecule has 0 aliphatic heterocycles. The summed E-state index contributed by atoms with van der Waals surface area (Å²) < 4.78 is 22.3. The molecule has 0 aliphatic carbocycles. The minimum absolute atomic E-state index is 0.0253. The summed E-state index contributed by atoms with van der Waals surface area (Å²) in [5.74, 6) is -0.105. The van der Waals surface area contributed by atoms with Crippen LogP contribution in [0.2, 0.25) is 0 Å². The molecule has 0 bridgehead atoms. The molecule has 16 heavy (non-hydrogen) atoms. The first-order chi connectivity index (χ1) is 7.34. The van der Waals surface area contributed by atoms with Gasteiger partial charge in [-0.25, -0.2) is 8.42 Å². The molecule has 0 rings (SSSR count). The maximum atomic E-state index is 11.5. The number of carbonyl (C=O) groups is 1. The highest BCUT2D eigenvalue weighted by atomic mass is 32.2. The van der Waals surface area contributed by atoms with Crippen molar-refractivity contribution in [3.63, 3.8) is 0 Å². The van der Waals surface area contributed by atoms with E-state index < -0.39 is 15.9 Å². The highest BCUT2D eigenvalue weighted by molar-refractivity contribution is 7.91. The van der Waals surface area contributed by atoms with Gasteiger partial charge in [0.1, 0.15) is 0 Å². The third kappa shape index (κ3) is 5.46. The minimum atomic E-state index is -3.02. The zero-order chi connectivity index (χ0) is 12.8. The highest BCUT2D eigenvalue weighted by Crippen LogP contribution is 2.04. The lowest BCUT2D eigenvalue weighted by molar-refractivity contribution is -0.123. The molecule has 2 atom stereocenters. The number of nitrogens with two attached hydrogens (primary N) is 1. The summed E-state index contributed by atoms with van der Waals surface area (Å²) in [7, 11) is -3.02. The number of hydrogen-bond donors (Lipinski definition) is 2. The molecule has 0 aromatic carbocycles. The van der Waals surface area contributed by atoms with Crippen molar-refractivity contribution < 1.29 is 13.2 Å². The van der Waals surface area contributed by atoms with Crippen LogP contribution >= 0.6 is 0 Å². The maximum Gasteiger partial charge on any atom is 0.237 e. The topological polar surface area (TPSA) is 89.3 Å². The fraction of sp³-hybridized carbons (Fsp3) is 0.900. The van der Waals surface area contributed by atoms with Crippen molar-refractivity contribution in [2.75, 3.05) is 18.1 Å². The predicted molar refractivity (Wildman–Crippen MR) is 64.8 cm³/mol. The van der Waals surface area contributed by atoms with E-state index in [2.05, 4.69) is 5.32 Å². The normalized spacial score (nSPS) is 15.5. The summed E-state index contributed by atoms with van der Waals surface area (Å²) in [6, 6.07) is -0.561. The molecule has 96 valence electrons. The van der Waals surface area contributed by atoms with E-state index in [4.69, 9.17) is 5.73 Å². The molecule has 0 saturated heterocycles.